The van der Waals surface area contributed by atoms with Crippen molar-refractivity contribution in [2.45, 2.75) is 17.5 Å². The number of hydrogen-bond acceptors (Lipinski definition) is 5. The van der Waals surface area contributed by atoms with Gasteiger partial charge in [0.15, 0.2) is 0 Å². The molecule has 2 aliphatic heterocycles. The fraction of sp³-hybridized carbons (Fsp3) is 0.267. The van der Waals surface area contributed by atoms with Crippen molar-refractivity contribution in [3.8, 4) is 0 Å². The summed E-state index contributed by atoms with van der Waals surface area (Å²) in [5.74, 6) is -1.98. The number of β-lactam (4-membered cyclic amide) rings is 1. The maximum atomic E-state index is 12.3. The molecule has 0 saturated carbocycles. The zero-order valence-corrected chi connectivity index (χ0v) is 14.4. The number of carboxylic acids is 1. The van der Waals surface area contributed by atoms with E-state index in [1.54, 1.807) is 24.3 Å². The normalized spacial score (nSPS) is 23.1. The Bertz CT molecular complexity index is 742. The molecule has 1 aromatic carbocycles. The molecule has 0 radical (unpaired) electrons. The molecule has 0 aliphatic carbocycles. The van der Waals surface area contributed by atoms with Crippen LogP contribution in [0.15, 0.2) is 41.1 Å². The summed E-state index contributed by atoms with van der Waals surface area (Å²) in [6, 6.07) is 7.07. The number of hydrogen-bond donors (Lipinski definition) is 3. The van der Waals surface area contributed by atoms with Gasteiger partial charge in [-0.05, 0) is 5.56 Å². The Balaban J connectivity index is 0.00000225. The van der Waals surface area contributed by atoms with Gasteiger partial charge in [-0.2, -0.15) is 0 Å². The van der Waals surface area contributed by atoms with Crippen LogP contribution in [0.25, 0.3) is 0 Å². The van der Waals surface area contributed by atoms with Crippen LogP contribution < -0.4 is 11.1 Å². The Morgan fingerprint density at radius 1 is 1.36 bits per heavy atom. The average Bonchev–Trinajstić information content (AvgIpc) is 2.59. The van der Waals surface area contributed by atoms with Crippen LogP contribution >= 0.6 is 23.4 Å². The highest BCUT2D eigenvalue weighted by Crippen LogP contribution is 2.41. The Morgan fingerprint density at radius 3 is 2.60 bits per heavy atom. The smallest absolute Gasteiger partial charge is 0.353 e. The lowest BCUT2D eigenvalue weighted by Gasteiger charge is -2.48. The second-order valence-electron chi connectivity index (χ2n) is 5.34. The predicted octanol–water partition coefficient (Wildman–Crippen LogP) is -0.203. The Kier molecular flexibility index (Phi) is 5.73. The number of rotatable bonds is 4. The van der Waals surface area contributed by atoms with Gasteiger partial charge in [-0.25, -0.2) is 4.79 Å². The van der Waals surface area contributed by atoms with Crippen LogP contribution in [0.4, 0.5) is 0 Å². The number of carbonyl (C=O) groups excluding carboxylic acids is 2. The molecule has 10 heteroatoms. The van der Waals surface area contributed by atoms with Crippen LogP contribution in [0.1, 0.15) is 11.6 Å². The molecule has 2 heterocycles. The van der Waals surface area contributed by atoms with E-state index in [1.807, 2.05) is 6.07 Å². The molecule has 2 amide bonds. The van der Waals surface area contributed by atoms with E-state index in [0.717, 1.165) is 4.90 Å². The number of thioether (sulfide) groups is 1. The lowest BCUT2D eigenvalue weighted by Crippen LogP contribution is -2.70. The van der Waals surface area contributed by atoms with Crippen molar-refractivity contribution < 1.29 is 25.0 Å². The number of nitrogens with one attached hydrogen (secondary N) is 1. The van der Waals surface area contributed by atoms with Gasteiger partial charge in [0, 0.05) is 5.75 Å². The summed E-state index contributed by atoms with van der Waals surface area (Å²) in [5.41, 5.74) is 6.32. The van der Waals surface area contributed by atoms with Gasteiger partial charge < -0.3 is 21.6 Å². The first-order valence-electron chi connectivity index (χ1n) is 7.09. The van der Waals surface area contributed by atoms with Crippen LogP contribution in [-0.4, -0.2) is 50.4 Å². The SMILES string of the molecule is NC(C(=O)NC1C(=O)N2C(C(=O)O)=C(Cl)CSC12)c1ccccc1.O. The van der Waals surface area contributed by atoms with Gasteiger partial charge in [-0.1, -0.05) is 41.9 Å². The van der Waals surface area contributed by atoms with Crippen molar-refractivity contribution in [2.75, 3.05) is 5.75 Å². The van der Waals surface area contributed by atoms with Crippen LogP contribution in [0, 0.1) is 0 Å². The number of nitrogens with zero attached hydrogens (tertiary/aromatic N) is 1. The molecule has 3 unspecified atom stereocenters. The first kappa shape index (κ1) is 19.3. The Labute approximate surface area is 152 Å². The summed E-state index contributed by atoms with van der Waals surface area (Å²) >= 11 is 7.20. The summed E-state index contributed by atoms with van der Waals surface area (Å²) < 4.78 is 0. The number of halogens is 1. The summed E-state index contributed by atoms with van der Waals surface area (Å²) in [7, 11) is 0. The third-order valence-electron chi connectivity index (χ3n) is 3.86. The highest BCUT2D eigenvalue weighted by molar-refractivity contribution is 8.00. The van der Waals surface area contributed by atoms with Crippen molar-refractivity contribution >= 4 is 41.1 Å². The van der Waals surface area contributed by atoms with E-state index in [0.29, 0.717) is 5.56 Å². The number of carboxylic acid groups (broad SMARTS) is 1. The molecule has 2 aliphatic rings. The van der Waals surface area contributed by atoms with E-state index < -0.39 is 35.2 Å². The van der Waals surface area contributed by atoms with Crippen LogP contribution in [-0.2, 0) is 14.4 Å². The molecular weight excluding hydrogens is 370 g/mol. The fourth-order valence-electron chi connectivity index (χ4n) is 2.64. The molecule has 3 rings (SSSR count). The van der Waals surface area contributed by atoms with Crippen molar-refractivity contribution in [3.05, 3.63) is 46.6 Å². The molecular formula is C15H16ClN3O5S. The Morgan fingerprint density at radius 2 is 2.00 bits per heavy atom. The monoisotopic (exact) mass is 385 g/mol. The standard InChI is InChI=1S/C15H14ClN3O4S.H2O/c16-8-6-24-14-10(13(21)19(14)11(8)15(22)23)18-12(20)9(17)7-4-2-1-3-5-7;/h1-5,9-10,14H,6,17H2,(H,18,20)(H,22,23);1H2. The van der Waals surface area contributed by atoms with E-state index in [1.165, 1.54) is 11.8 Å². The predicted molar refractivity (Wildman–Crippen MR) is 92.5 cm³/mol. The van der Waals surface area contributed by atoms with Crippen molar-refractivity contribution in [1.29, 1.82) is 0 Å². The topological polar surface area (TPSA) is 144 Å². The Hall–Kier alpha value is -2.07. The summed E-state index contributed by atoms with van der Waals surface area (Å²) in [6.45, 7) is 0. The minimum atomic E-state index is -1.26. The molecule has 6 N–H and O–H groups in total. The van der Waals surface area contributed by atoms with Gasteiger partial charge in [0.05, 0.1) is 5.03 Å². The minimum absolute atomic E-state index is 0. The summed E-state index contributed by atoms with van der Waals surface area (Å²) in [6.07, 6.45) is 0. The summed E-state index contributed by atoms with van der Waals surface area (Å²) in [4.78, 5) is 36.9. The molecule has 1 fully saturated rings. The zero-order chi connectivity index (χ0) is 17.4. The molecule has 3 atom stereocenters. The first-order chi connectivity index (χ1) is 11.4. The quantitative estimate of drug-likeness (QED) is 0.612. The lowest BCUT2D eigenvalue weighted by atomic mass is 10.0. The molecule has 8 nitrogen and oxygen atoms in total. The minimum Gasteiger partial charge on any atom is -0.477 e. The van der Waals surface area contributed by atoms with E-state index in [-0.39, 0.29) is 22.0 Å². The van der Waals surface area contributed by atoms with Gasteiger partial charge in [0.2, 0.25) is 5.91 Å². The van der Waals surface area contributed by atoms with Crippen LogP contribution in [0.3, 0.4) is 0 Å². The maximum Gasteiger partial charge on any atom is 0.353 e. The van der Waals surface area contributed by atoms with Crippen LogP contribution in [0.2, 0.25) is 0 Å². The van der Waals surface area contributed by atoms with E-state index in [4.69, 9.17) is 17.3 Å². The molecule has 134 valence electrons. The molecule has 0 aromatic heterocycles. The van der Waals surface area contributed by atoms with Gasteiger partial charge in [-0.3, -0.25) is 14.5 Å². The van der Waals surface area contributed by atoms with Gasteiger partial charge in [0.25, 0.3) is 5.91 Å². The number of aliphatic carboxylic acids is 1. The van der Waals surface area contributed by atoms with Crippen molar-refractivity contribution in [3.63, 3.8) is 0 Å². The molecule has 1 saturated heterocycles. The average molecular weight is 386 g/mol. The number of fused-ring (bicyclic) bond motifs is 1. The van der Waals surface area contributed by atoms with Crippen LogP contribution in [0.5, 0.6) is 0 Å². The van der Waals surface area contributed by atoms with Crippen molar-refractivity contribution in [1.82, 2.24) is 10.2 Å². The van der Waals surface area contributed by atoms with Gasteiger partial charge >= 0.3 is 5.97 Å². The highest BCUT2D eigenvalue weighted by Gasteiger charge is 2.54. The second-order valence-corrected chi connectivity index (χ2v) is 6.90. The molecule has 0 bridgehead atoms. The van der Waals surface area contributed by atoms with Crippen molar-refractivity contribution in [2.24, 2.45) is 5.73 Å². The summed E-state index contributed by atoms with van der Waals surface area (Å²) in [5, 5.41) is 11.4. The molecule has 1 aromatic rings. The largest absolute Gasteiger partial charge is 0.477 e. The number of amides is 2. The van der Waals surface area contributed by atoms with E-state index in [2.05, 4.69) is 5.32 Å². The van der Waals surface area contributed by atoms with E-state index >= 15 is 0 Å². The number of nitrogens with two attached hydrogens (primary N) is 1. The van der Waals surface area contributed by atoms with Gasteiger partial charge in [-0.15, -0.1) is 11.8 Å². The second kappa shape index (κ2) is 7.44. The van der Waals surface area contributed by atoms with Gasteiger partial charge in [0.1, 0.15) is 23.2 Å². The lowest BCUT2D eigenvalue weighted by molar-refractivity contribution is -0.150. The number of carbonyl (C=O) groups is 3. The van der Waals surface area contributed by atoms with E-state index in [9.17, 15) is 19.5 Å². The highest BCUT2D eigenvalue weighted by atomic mass is 35.5. The third kappa shape index (κ3) is 3.36. The maximum absolute atomic E-state index is 12.3. The molecule has 25 heavy (non-hydrogen) atoms. The fourth-order valence-corrected chi connectivity index (χ4v) is 4.19. The third-order valence-corrected chi connectivity index (χ3v) is 5.61. The zero-order valence-electron chi connectivity index (χ0n) is 12.8. The molecule has 0 spiro atoms. The first-order valence-corrected chi connectivity index (χ1v) is 8.52. The number of benzene rings is 1.